The third-order valence-electron chi connectivity index (χ3n) is 7.12. The Hall–Kier alpha value is -3.82. The Labute approximate surface area is 200 Å². The van der Waals surface area contributed by atoms with Crippen LogP contribution in [0.15, 0.2) is 41.1 Å². The third kappa shape index (κ3) is 3.73. The molecule has 182 valence electrons. The molecular formula is C25H24F2N4O4. The molecule has 0 spiro atoms. The number of rotatable bonds is 5. The predicted molar refractivity (Wildman–Crippen MR) is 122 cm³/mol. The molecule has 10 heteroatoms. The summed E-state index contributed by atoms with van der Waals surface area (Å²) in [5.41, 5.74) is 0.723. The molecule has 1 saturated carbocycles. The molecule has 2 aliphatic rings. The molecule has 1 aliphatic carbocycles. The average Bonchev–Trinajstić information content (AvgIpc) is 3.21. The number of anilines is 1. The highest BCUT2D eigenvalue weighted by Gasteiger charge is 2.69. The third-order valence-corrected chi connectivity index (χ3v) is 7.12. The number of hydrogen-bond acceptors (Lipinski definition) is 6. The standard InChI is InChI=1S/C25H24F2N4O4/c1-12-29-10-18(35-12)17-9-13(7-8-28-17)30-23(32)21-19-15(25(19,2)3)11-31(21)24(33)14-5-6-16(26)20(27)22(14)34-4/h5-10,15,19,21H,11H2,1-4H3,(H,28,30,32)/t15-,19-,21-/m0/s1. The van der Waals surface area contributed by atoms with Crippen LogP contribution in [0.2, 0.25) is 0 Å². The fourth-order valence-corrected chi connectivity index (χ4v) is 5.19. The van der Waals surface area contributed by atoms with Crippen molar-refractivity contribution >= 4 is 17.5 Å². The van der Waals surface area contributed by atoms with Crippen molar-refractivity contribution in [3.8, 4) is 17.2 Å². The van der Waals surface area contributed by atoms with E-state index in [-0.39, 0.29) is 28.7 Å². The number of benzene rings is 1. The largest absolute Gasteiger partial charge is 0.493 e. The zero-order chi connectivity index (χ0) is 25.1. The monoisotopic (exact) mass is 482 g/mol. The van der Waals surface area contributed by atoms with E-state index >= 15 is 0 Å². The van der Waals surface area contributed by atoms with Gasteiger partial charge in [-0.2, -0.15) is 4.39 Å². The number of hydrogen-bond donors (Lipinski definition) is 1. The molecule has 1 N–H and O–H groups in total. The van der Waals surface area contributed by atoms with Crippen molar-refractivity contribution in [1.29, 1.82) is 0 Å². The van der Waals surface area contributed by atoms with E-state index in [1.807, 2.05) is 0 Å². The fourth-order valence-electron chi connectivity index (χ4n) is 5.19. The second-order valence-corrected chi connectivity index (χ2v) is 9.46. The number of piperidine rings is 1. The lowest BCUT2D eigenvalue weighted by Gasteiger charge is -2.30. The first-order valence-electron chi connectivity index (χ1n) is 11.2. The van der Waals surface area contributed by atoms with Crippen LogP contribution in [-0.2, 0) is 4.79 Å². The summed E-state index contributed by atoms with van der Waals surface area (Å²) in [5.74, 6) is -2.79. The van der Waals surface area contributed by atoms with Gasteiger partial charge in [0.2, 0.25) is 11.7 Å². The van der Waals surface area contributed by atoms with Crippen LogP contribution in [0.5, 0.6) is 5.75 Å². The molecule has 2 fully saturated rings. The van der Waals surface area contributed by atoms with Crippen LogP contribution in [-0.4, -0.2) is 46.4 Å². The maximum Gasteiger partial charge on any atom is 0.258 e. The second kappa shape index (κ2) is 8.14. The summed E-state index contributed by atoms with van der Waals surface area (Å²) in [5, 5.41) is 2.88. The Morgan fingerprint density at radius 2 is 2.00 bits per heavy atom. The molecule has 3 aromatic rings. The zero-order valence-corrected chi connectivity index (χ0v) is 19.6. The Kier molecular flexibility index (Phi) is 5.34. The maximum absolute atomic E-state index is 14.3. The lowest BCUT2D eigenvalue weighted by atomic mass is 9.99. The Morgan fingerprint density at radius 3 is 2.69 bits per heavy atom. The number of oxazole rings is 1. The molecule has 8 nitrogen and oxygen atoms in total. The fraction of sp³-hybridized carbons (Fsp3) is 0.360. The summed E-state index contributed by atoms with van der Waals surface area (Å²) < 4.78 is 38.5. The molecule has 0 unspecified atom stereocenters. The van der Waals surface area contributed by atoms with Crippen LogP contribution < -0.4 is 10.1 Å². The number of aromatic nitrogens is 2. The lowest BCUT2D eigenvalue weighted by molar-refractivity contribution is -0.120. The van der Waals surface area contributed by atoms with Gasteiger partial charge in [-0.15, -0.1) is 0 Å². The molecular weight excluding hydrogens is 458 g/mol. The Bertz CT molecular complexity index is 1340. The van der Waals surface area contributed by atoms with E-state index in [9.17, 15) is 18.4 Å². The number of fused-ring (bicyclic) bond motifs is 1. The highest BCUT2D eigenvalue weighted by molar-refractivity contribution is 6.03. The van der Waals surface area contributed by atoms with Gasteiger partial charge < -0.3 is 19.4 Å². The Morgan fingerprint density at radius 1 is 1.23 bits per heavy atom. The first-order chi connectivity index (χ1) is 16.6. The minimum absolute atomic E-state index is 0.0685. The number of nitrogens with zero attached hydrogens (tertiary/aromatic N) is 3. The van der Waals surface area contributed by atoms with Gasteiger partial charge in [0.05, 0.1) is 18.9 Å². The molecule has 1 aliphatic heterocycles. The van der Waals surface area contributed by atoms with Gasteiger partial charge in [-0.3, -0.25) is 14.6 Å². The summed E-state index contributed by atoms with van der Waals surface area (Å²) in [6.45, 7) is 6.16. The van der Waals surface area contributed by atoms with Gasteiger partial charge >= 0.3 is 0 Å². The smallest absolute Gasteiger partial charge is 0.258 e. The van der Waals surface area contributed by atoms with Crippen LogP contribution in [0.25, 0.3) is 11.5 Å². The summed E-state index contributed by atoms with van der Waals surface area (Å²) in [4.78, 5) is 36.7. The van der Waals surface area contributed by atoms with Crippen LogP contribution in [0, 0.1) is 35.8 Å². The summed E-state index contributed by atoms with van der Waals surface area (Å²) in [7, 11) is 1.17. The zero-order valence-electron chi connectivity index (χ0n) is 19.6. The molecule has 5 rings (SSSR count). The van der Waals surface area contributed by atoms with Crippen molar-refractivity contribution < 1.29 is 27.5 Å². The summed E-state index contributed by atoms with van der Waals surface area (Å²) in [6.07, 6.45) is 3.09. The second-order valence-electron chi connectivity index (χ2n) is 9.46. The number of pyridine rings is 1. The van der Waals surface area contributed by atoms with E-state index in [0.29, 0.717) is 29.6 Å². The first-order valence-corrected chi connectivity index (χ1v) is 11.2. The quantitative estimate of drug-likeness (QED) is 0.589. The van der Waals surface area contributed by atoms with Crippen molar-refractivity contribution in [2.45, 2.75) is 26.8 Å². The van der Waals surface area contributed by atoms with Crippen LogP contribution in [0.1, 0.15) is 30.1 Å². The molecule has 1 saturated heterocycles. The number of halogens is 2. The van der Waals surface area contributed by atoms with Crippen LogP contribution >= 0.6 is 0 Å². The maximum atomic E-state index is 14.3. The van der Waals surface area contributed by atoms with Gasteiger partial charge in [0.1, 0.15) is 11.7 Å². The molecule has 1 aromatic carbocycles. The van der Waals surface area contributed by atoms with Gasteiger partial charge in [-0.1, -0.05) is 13.8 Å². The minimum Gasteiger partial charge on any atom is -0.493 e. The normalized spacial score (nSPS) is 22.0. The van der Waals surface area contributed by atoms with E-state index in [1.165, 1.54) is 24.3 Å². The van der Waals surface area contributed by atoms with Crippen molar-refractivity contribution in [1.82, 2.24) is 14.9 Å². The number of amides is 2. The highest BCUT2D eigenvalue weighted by atomic mass is 19.2. The SMILES string of the molecule is COc1c(C(=O)N2C[C@H]3[C@@H]([C@H]2C(=O)Nc2ccnc(-c4cnc(C)o4)c2)C3(C)C)ccc(F)c1F. The van der Waals surface area contributed by atoms with Gasteiger partial charge in [0.15, 0.2) is 23.2 Å². The lowest BCUT2D eigenvalue weighted by Crippen LogP contribution is -2.47. The van der Waals surface area contributed by atoms with Crippen LogP contribution in [0.3, 0.4) is 0 Å². The minimum atomic E-state index is -1.24. The van der Waals surface area contributed by atoms with E-state index in [1.54, 1.807) is 25.3 Å². The number of ether oxygens (including phenoxy) is 1. The highest BCUT2D eigenvalue weighted by Crippen LogP contribution is 2.65. The van der Waals surface area contributed by atoms with Crippen molar-refractivity contribution in [2.75, 3.05) is 19.0 Å². The summed E-state index contributed by atoms with van der Waals surface area (Å²) >= 11 is 0. The first kappa shape index (κ1) is 22.9. The predicted octanol–water partition coefficient (Wildman–Crippen LogP) is 4.07. The number of nitrogens with one attached hydrogen (secondary N) is 1. The van der Waals surface area contributed by atoms with Gasteiger partial charge in [0.25, 0.3) is 5.91 Å². The van der Waals surface area contributed by atoms with E-state index in [4.69, 9.17) is 9.15 Å². The Balaban J connectivity index is 1.43. The van der Waals surface area contributed by atoms with E-state index < -0.39 is 29.3 Å². The molecule has 2 amide bonds. The van der Waals surface area contributed by atoms with E-state index in [0.717, 1.165) is 6.07 Å². The van der Waals surface area contributed by atoms with Crippen molar-refractivity contribution in [3.05, 3.63) is 59.7 Å². The number of likely N-dealkylation sites (tertiary alicyclic amines) is 1. The number of carbonyl (C=O) groups is 2. The number of aryl methyl sites for hydroxylation is 1. The van der Waals surface area contributed by atoms with Crippen molar-refractivity contribution in [3.63, 3.8) is 0 Å². The van der Waals surface area contributed by atoms with E-state index in [2.05, 4.69) is 29.1 Å². The molecule has 2 aromatic heterocycles. The number of methoxy groups -OCH3 is 1. The van der Waals surface area contributed by atoms with Gasteiger partial charge in [-0.05, 0) is 41.5 Å². The summed E-state index contributed by atoms with van der Waals surface area (Å²) in [6, 6.07) is 4.57. The molecule has 0 bridgehead atoms. The van der Waals surface area contributed by atoms with Crippen LogP contribution in [0.4, 0.5) is 14.5 Å². The van der Waals surface area contributed by atoms with Crippen molar-refractivity contribution in [2.24, 2.45) is 17.3 Å². The molecule has 3 heterocycles. The molecule has 0 radical (unpaired) electrons. The molecule has 35 heavy (non-hydrogen) atoms. The molecule has 3 atom stereocenters. The topological polar surface area (TPSA) is 97.6 Å². The number of carbonyl (C=O) groups excluding carboxylic acids is 2. The average molecular weight is 482 g/mol. The van der Waals surface area contributed by atoms with Gasteiger partial charge in [-0.25, -0.2) is 9.37 Å². The van der Waals surface area contributed by atoms with Gasteiger partial charge in [0, 0.05) is 25.4 Å².